The summed E-state index contributed by atoms with van der Waals surface area (Å²) in [5, 5.41) is 13.8. The van der Waals surface area contributed by atoms with E-state index < -0.39 is 0 Å². The van der Waals surface area contributed by atoms with E-state index in [4.69, 9.17) is 0 Å². The lowest BCUT2D eigenvalue weighted by Gasteiger charge is -2.32. The summed E-state index contributed by atoms with van der Waals surface area (Å²) >= 11 is 0. The number of anilines is 1. The van der Waals surface area contributed by atoms with Crippen LogP contribution in [0.4, 0.5) is 5.69 Å². The van der Waals surface area contributed by atoms with Crippen molar-refractivity contribution in [1.82, 2.24) is 5.32 Å². The predicted molar refractivity (Wildman–Crippen MR) is 101 cm³/mol. The van der Waals surface area contributed by atoms with Crippen molar-refractivity contribution in [2.45, 2.75) is 45.4 Å². The molecule has 2 N–H and O–H groups in total. The Morgan fingerprint density at radius 2 is 2.00 bits per heavy atom. The van der Waals surface area contributed by atoms with Gasteiger partial charge in [-0.3, -0.25) is 9.59 Å². The van der Waals surface area contributed by atoms with Crippen LogP contribution in [0.3, 0.4) is 0 Å². The zero-order valence-electron chi connectivity index (χ0n) is 14.9. The zero-order chi connectivity index (χ0) is 17.3. The van der Waals surface area contributed by atoms with Crippen LogP contribution in [-0.2, 0) is 17.6 Å². The second-order valence-corrected chi connectivity index (χ2v) is 6.86. The van der Waals surface area contributed by atoms with Crippen molar-refractivity contribution in [2.24, 2.45) is 5.92 Å². The molecule has 25 heavy (non-hydrogen) atoms. The third-order valence-corrected chi connectivity index (χ3v) is 5.27. The van der Waals surface area contributed by atoms with Gasteiger partial charge in [0.15, 0.2) is 5.78 Å². The molecule has 0 bridgehead atoms. The molecule has 0 radical (unpaired) electrons. The van der Waals surface area contributed by atoms with Gasteiger partial charge in [0.2, 0.25) is 5.91 Å². The summed E-state index contributed by atoms with van der Waals surface area (Å²) in [6.07, 6.45) is 4.98. The number of nitrogens with one attached hydrogen (secondary N) is 1. The number of unbranched alkanes of at least 4 members (excludes halogenated alkanes) is 1. The third-order valence-electron chi connectivity index (χ3n) is 5.27. The summed E-state index contributed by atoms with van der Waals surface area (Å²) in [4.78, 5) is 26.3. The van der Waals surface area contributed by atoms with Gasteiger partial charge in [-0.15, -0.1) is 12.4 Å². The highest BCUT2D eigenvalue weighted by Gasteiger charge is 2.34. The maximum atomic E-state index is 12.8. The maximum absolute atomic E-state index is 12.8. The van der Waals surface area contributed by atoms with E-state index in [9.17, 15) is 14.7 Å². The Labute approximate surface area is 155 Å². The Morgan fingerprint density at radius 3 is 2.72 bits per heavy atom. The maximum Gasteiger partial charge on any atom is 0.227 e. The smallest absolute Gasteiger partial charge is 0.227 e. The largest absolute Gasteiger partial charge is 0.506 e. The van der Waals surface area contributed by atoms with Gasteiger partial charge in [0.25, 0.3) is 0 Å². The van der Waals surface area contributed by atoms with Crippen molar-refractivity contribution in [2.75, 3.05) is 25.0 Å². The zero-order valence-corrected chi connectivity index (χ0v) is 15.7. The number of rotatable bonds is 5. The van der Waals surface area contributed by atoms with Crippen molar-refractivity contribution in [3.63, 3.8) is 0 Å². The monoisotopic (exact) mass is 366 g/mol. The van der Waals surface area contributed by atoms with Crippen LogP contribution < -0.4 is 10.2 Å². The van der Waals surface area contributed by atoms with Gasteiger partial charge in [-0.1, -0.05) is 13.3 Å². The van der Waals surface area contributed by atoms with E-state index >= 15 is 0 Å². The Hall–Kier alpha value is -1.59. The molecule has 0 saturated heterocycles. The fourth-order valence-corrected chi connectivity index (χ4v) is 3.87. The van der Waals surface area contributed by atoms with Gasteiger partial charge in [-0.25, -0.2) is 0 Å². The van der Waals surface area contributed by atoms with E-state index in [0.29, 0.717) is 30.6 Å². The van der Waals surface area contributed by atoms with E-state index in [2.05, 4.69) is 12.2 Å². The van der Waals surface area contributed by atoms with Crippen LogP contribution >= 0.6 is 12.4 Å². The van der Waals surface area contributed by atoms with Gasteiger partial charge in [0, 0.05) is 31.5 Å². The van der Waals surface area contributed by atoms with Crippen LogP contribution in [0, 0.1) is 5.92 Å². The molecule has 0 fully saturated rings. The summed E-state index contributed by atoms with van der Waals surface area (Å²) in [5.41, 5.74) is 3.27. The molecule has 138 valence electrons. The highest BCUT2D eigenvalue weighted by Crippen LogP contribution is 2.42. The average Bonchev–Trinajstić information content (AvgIpc) is 2.57. The Bertz CT molecular complexity index is 675. The van der Waals surface area contributed by atoms with Gasteiger partial charge >= 0.3 is 0 Å². The standard InChI is InChI=1S/C19H26N2O3.ClH/c1-3-4-9-20-11-12-5-6-13-14-7-8-17(23)21(2)18(14)16(22)10-15(13)19(12)24;/h10,12,20,22H,3-9,11H2,1-2H3;1H. The molecule has 1 aliphatic carbocycles. The van der Waals surface area contributed by atoms with E-state index in [0.717, 1.165) is 43.4 Å². The highest BCUT2D eigenvalue weighted by atomic mass is 35.5. The lowest BCUT2D eigenvalue weighted by molar-refractivity contribution is -0.118. The number of carbonyl (C=O) groups is 2. The number of phenolic OH excluding ortho intramolecular Hbond substituents is 1. The van der Waals surface area contributed by atoms with E-state index in [1.165, 1.54) is 4.90 Å². The van der Waals surface area contributed by atoms with Crippen LogP contribution in [0.15, 0.2) is 6.07 Å². The Kier molecular flexibility index (Phi) is 6.47. The van der Waals surface area contributed by atoms with Crippen molar-refractivity contribution >= 4 is 29.8 Å². The molecular weight excluding hydrogens is 340 g/mol. The second-order valence-electron chi connectivity index (χ2n) is 6.86. The topological polar surface area (TPSA) is 69.6 Å². The van der Waals surface area contributed by atoms with Crippen LogP contribution in [-0.4, -0.2) is 36.9 Å². The number of amides is 1. The molecule has 2 aliphatic rings. The molecule has 1 amide bonds. The summed E-state index contributed by atoms with van der Waals surface area (Å²) in [6.45, 7) is 3.79. The van der Waals surface area contributed by atoms with Gasteiger partial charge in [-0.05, 0) is 49.4 Å². The van der Waals surface area contributed by atoms with Crippen LogP contribution in [0.25, 0.3) is 0 Å². The summed E-state index contributed by atoms with van der Waals surface area (Å²) in [6, 6.07) is 1.57. The highest BCUT2D eigenvalue weighted by molar-refractivity contribution is 6.04. The summed E-state index contributed by atoms with van der Waals surface area (Å²) in [7, 11) is 1.69. The van der Waals surface area contributed by atoms with Crippen molar-refractivity contribution in [1.29, 1.82) is 0 Å². The van der Waals surface area contributed by atoms with Gasteiger partial charge in [0.1, 0.15) is 5.75 Å². The number of fused-ring (bicyclic) bond motifs is 3. The number of hydrogen-bond donors (Lipinski definition) is 2. The number of halogens is 1. The van der Waals surface area contributed by atoms with Crippen molar-refractivity contribution < 1.29 is 14.7 Å². The van der Waals surface area contributed by atoms with Crippen molar-refractivity contribution in [3.8, 4) is 5.75 Å². The van der Waals surface area contributed by atoms with Crippen LogP contribution in [0.5, 0.6) is 5.75 Å². The van der Waals surface area contributed by atoms with Gasteiger partial charge in [-0.2, -0.15) is 0 Å². The normalized spacial score (nSPS) is 19.3. The summed E-state index contributed by atoms with van der Waals surface area (Å²) in [5.74, 6) is 0.165. The minimum Gasteiger partial charge on any atom is -0.506 e. The van der Waals surface area contributed by atoms with Gasteiger partial charge in [0.05, 0.1) is 5.69 Å². The minimum absolute atomic E-state index is 0. The quantitative estimate of drug-likeness (QED) is 0.786. The van der Waals surface area contributed by atoms with Gasteiger partial charge < -0.3 is 15.3 Å². The number of aromatic hydroxyl groups is 1. The Balaban J connectivity index is 0.00000225. The first-order chi connectivity index (χ1) is 11.5. The Morgan fingerprint density at radius 1 is 1.24 bits per heavy atom. The molecular formula is C19H27ClN2O3. The number of ketones is 1. The SMILES string of the molecule is CCCCNCC1CCc2c(cc(O)c3c2CCC(=O)N3C)C1=O.Cl. The number of phenols is 1. The second kappa shape index (κ2) is 8.19. The molecule has 0 aromatic heterocycles. The van der Waals surface area contributed by atoms with Crippen LogP contribution in [0.1, 0.15) is 54.1 Å². The van der Waals surface area contributed by atoms with Crippen molar-refractivity contribution in [3.05, 3.63) is 22.8 Å². The average molecular weight is 367 g/mol. The van der Waals surface area contributed by atoms with Crippen LogP contribution in [0.2, 0.25) is 0 Å². The first-order valence-corrected chi connectivity index (χ1v) is 8.93. The van der Waals surface area contributed by atoms with E-state index in [1.807, 2.05) is 0 Å². The number of benzene rings is 1. The lowest BCUT2D eigenvalue weighted by atomic mass is 9.78. The first kappa shape index (κ1) is 19.7. The fourth-order valence-electron chi connectivity index (χ4n) is 3.87. The van der Waals surface area contributed by atoms with E-state index in [1.54, 1.807) is 13.1 Å². The molecule has 5 nitrogen and oxygen atoms in total. The lowest BCUT2D eigenvalue weighted by Crippen LogP contribution is -2.35. The molecule has 1 unspecified atom stereocenters. The number of carbonyl (C=O) groups excluding carboxylic acids is 2. The number of Topliss-reactive ketones (excluding diaryl/α,β-unsaturated/α-hetero) is 1. The molecule has 1 atom stereocenters. The molecule has 6 heteroatoms. The molecule has 1 aromatic rings. The minimum atomic E-state index is -0.0187. The van der Waals surface area contributed by atoms with E-state index in [-0.39, 0.29) is 35.8 Å². The number of nitrogens with zero attached hydrogens (tertiary/aromatic N) is 1. The molecule has 0 spiro atoms. The number of hydrogen-bond acceptors (Lipinski definition) is 4. The first-order valence-electron chi connectivity index (χ1n) is 8.93. The third kappa shape index (κ3) is 3.67. The predicted octanol–water partition coefficient (Wildman–Crippen LogP) is 2.86. The molecule has 3 rings (SSSR count). The fraction of sp³-hybridized carbons (Fsp3) is 0.579. The molecule has 1 heterocycles. The molecule has 0 saturated carbocycles. The summed E-state index contributed by atoms with van der Waals surface area (Å²) < 4.78 is 0. The molecule has 1 aliphatic heterocycles. The molecule has 1 aromatic carbocycles.